The number of alkyl carbamates (subject to hydrolysis) is 1. The Morgan fingerprint density at radius 3 is 2.09 bits per heavy atom. The number of likely N-dealkylation sites (N-methyl/N-ethyl adjacent to an activating group) is 1. The first-order valence-corrected chi connectivity index (χ1v) is 30.4. The van der Waals surface area contributed by atoms with Crippen molar-refractivity contribution in [3.8, 4) is 17.2 Å². The van der Waals surface area contributed by atoms with Crippen LogP contribution in [0, 0.1) is 5.92 Å². The van der Waals surface area contributed by atoms with Crippen molar-refractivity contribution in [2.24, 2.45) is 5.92 Å². The Kier molecular flexibility index (Phi) is 24.7. The topological polar surface area (TPSA) is 258 Å². The summed E-state index contributed by atoms with van der Waals surface area (Å²) < 4.78 is 41.0. The molecule has 0 aliphatic carbocycles. The van der Waals surface area contributed by atoms with Gasteiger partial charge in [0.2, 0.25) is 12.0 Å². The highest BCUT2D eigenvalue weighted by atomic mass is 35.5. The number of aromatic amines is 1. The van der Waals surface area contributed by atoms with E-state index in [0.717, 1.165) is 26.8 Å². The highest BCUT2D eigenvalue weighted by Gasteiger charge is 2.37. The zero-order valence-corrected chi connectivity index (χ0v) is 51.7. The number of Topliss-reactive ketones (excluding diaryl/α,β-unsaturated/α-hetero) is 1. The Labute approximate surface area is 522 Å². The van der Waals surface area contributed by atoms with Crippen molar-refractivity contribution in [2.75, 3.05) is 123 Å². The maximum Gasteiger partial charge on any atom is 0.408 e. The molecule has 23 heteroatoms. The molecule has 0 radical (unpaired) electrons. The van der Waals surface area contributed by atoms with Crippen LogP contribution in [0.3, 0.4) is 0 Å². The molecule has 6 amide bonds. The number of nitrogens with one attached hydrogen (secondary N) is 5. The van der Waals surface area contributed by atoms with Crippen LogP contribution in [-0.4, -0.2) is 175 Å². The number of ether oxygens (including phenoxy) is 7. The van der Waals surface area contributed by atoms with E-state index in [1.54, 1.807) is 48.4 Å². The van der Waals surface area contributed by atoms with Gasteiger partial charge in [-0.1, -0.05) is 80.6 Å². The fourth-order valence-corrected chi connectivity index (χ4v) is 10.5. The van der Waals surface area contributed by atoms with Crippen LogP contribution in [0.15, 0.2) is 115 Å². The minimum atomic E-state index is -1.20. The highest BCUT2D eigenvalue weighted by Crippen LogP contribution is 2.47. The SMILES string of the molecule is COc1cc2[nH]c(C(=O)N3C[C@@H](CCl)c4c3cc(OC(C(=O)NCCOCCOCCOCCNC(=O)CCCN3C(=O)C=CC3=O)c3ccc(NCCC(=O)[C@@H](NC(=O)OCc5ccccc5)C(C)C)cc3)c3ccccc43)cc2cc1OCCN(C)C. The number of alkyl halides is 1. The number of ketones is 1. The number of carbonyl (C=O) groups excluding carboxylic acids is 7. The third kappa shape index (κ3) is 18.5. The number of hydrogen-bond donors (Lipinski definition) is 5. The quantitative estimate of drug-likeness (QED) is 0.0144. The second-order valence-corrected chi connectivity index (χ2v) is 22.3. The number of benzene rings is 5. The van der Waals surface area contributed by atoms with Gasteiger partial charge in [0.05, 0.1) is 58.5 Å². The number of methoxy groups -OCH3 is 1. The minimum absolute atomic E-state index is 0.0746. The van der Waals surface area contributed by atoms with Crippen LogP contribution in [-0.2, 0) is 49.5 Å². The third-order valence-corrected chi connectivity index (χ3v) is 15.3. The lowest BCUT2D eigenvalue weighted by Crippen LogP contribution is -2.45. The van der Waals surface area contributed by atoms with Gasteiger partial charge < -0.3 is 69.2 Å². The van der Waals surface area contributed by atoms with Gasteiger partial charge in [-0.2, -0.15) is 0 Å². The number of anilines is 2. The Bertz CT molecular complexity index is 3410. The fourth-order valence-electron chi connectivity index (χ4n) is 10.3. The summed E-state index contributed by atoms with van der Waals surface area (Å²) in [5, 5.41) is 14.1. The van der Waals surface area contributed by atoms with Crippen molar-refractivity contribution < 1.29 is 66.7 Å². The monoisotopic (exact) mass is 1240 g/mol. The first-order valence-electron chi connectivity index (χ1n) is 29.9. The van der Waals surface area contributed by atoms with Crippen LogP contribution in [0.2, 0.25) is 0 Å². The molecule has 3 heterocycles. The molecule has 0 fully saturated rings. The zero-order valence-electron chi connectivity index (χ0n) is 50.9. The van der Waals surface area contributed by atoms with Gasteiger partial charge in [0.25, 0.3) is 23.6 Å². The smallest absolute Gasteiger partial charge is 0.408 e. The fraction of sp³-hybridized carbons (Fsp3) is 0.409. The molecule has 0 saturated carbocycles. The molecule has 8 rings (SSSR count). The van der Waals surface area contributed by atoms with Crippen LogP contribution >= 0.6 is 11.6 Å². The lowest BCUT2D eigenvalue weighted by molar-refractivity contribution is -0.137. The third-order valence-electron chi connectivity index (χ3n) is 14.9. The largest absolute Gasteiger partial charge is 0.493 e. The number of nitrogens with zero attached hydrogens (tertiary/aromatic N) is 3. The Morgan fingerprint density at radius 1 is 0.742 bits per heavy atom. The predicted molar refractivity (Wildman–Crippen MR) is 338 cm³/mol. The predicted octanol–water partition coefficient (Wildman–Crippen LogP) is 7.68. The second-order valence-electron chi connectivity index (χ2n) is 22.0. The molecule has 2 aliphatic heterocycles. The number of carbonyl (C=O) groups is 7. The first kappa shape index (κ1) is 66.4. The number of H-pyrrole nitrogens is 1. The Hall–Kier alpha value is -8.54. The summed E-state index contributed by atoms with van der Waals surface area (Å²) in [4.78, 5) is 99.2. The van der Waals surface area contributed by atoms with E-state index < -0.39 is 24.1 Å². The molecule has 3 atom stereocenters. The molecule has 5 aromatic carbocycles. The Balaban J connectivity index is 0.905. The molecule has 2 aliphatic rings. The minimum Gasteiger partial charge on any atom is -0.493 e. The molecule has 474 valence electrons. The van der Waals surface area contributed by atoms with Crippen LogP contribution in [0.5, 0.6) is 17.2 Å². The summed E-state index contributed by atoms with van der Waals surface area (Å²) in [5.41, 5.74) is 4.53. The number of halogens is 1. The number of amides is 6. The Morgan fingerprint density at radius 2 is 1.42 bits per heavy atom. The van der Waals surface area contributed by atoms with E-state index in [1.165, 1.54) is 12.2 Å². The van der Waals surface area contributed by atoms with Crippen LogP contribution in [0.1, 0.15) is 72.3 Å². The molecule has 0 spiro atoms. The van der Waals surface area contributed by atoms with Gasteiger partial charge in [0.15, 0.2) is 17.3 Å². The maximum atomic E-state index is 14.8. The lowest BCUT2D eigenvalue weighted by Gasteiger charge is -2.23. The van der Waals surface area contributed by atoms with Crippen molar-refractivity contribution in [2.45, 2.75) is 57.8 Å². The zero-order chi connectivity index (χ0) is 63.2. The highest BCUT2D eigenvalue weighted by molar-refractivity contribution is 6.19. The molecule has 1 unspecified atom stereocenters. The van der Waals surface area contributed by atoms with Crippen LogP contribution in [0.4, 0.5) is 16.2 Å². The molecule has 89 heavy (non-hydrogen) atoms. The second kappa shape index (κ2) is 33.2. The van der Waals surface area contributed by atoms with Gasteiger partial charge in [0, 0.05) is 116 Å². The van der Waals surface area contributed by atoms with Gasteiger partial charge in [-0.05, 0) is 67.2 Å². The normalized spacial score (nSPS) is 14.3. The van der Waals surface area contributed by atoms with E-state index in [0.29, 0.717) is 83.4 Å². The van der Waals surface area contributed by atoms with Crippen molar-refractivity contribution in [1.82, 2.24) is 30.7 Å². The molecule has 0 saturated heterocycles. The number of imide groups is 1. The molecular weight excluding hydrogens is 1160 g/mol. The van der Waals surface area contributed by atoms with E-state index in [2.05, 4.69) is 26.3 Å². The van der Waals surface area contributed by atoms with Crippen molar-refractivity contribution >= 4 is 86.1 Å². The number of hydrogen-bond acceptors (Lipinski definition) is 16. The summed E-state index contributed by atoms with van der Waals surface area (Å²) in [7, 11) is 5.50. The number of fused-ring (bicyclic) bond motifs is 4. The molecule has 6 aromatic rings. The van der Waals surface area contributed by atoms with Crippen molar-refractivity contribution in [1.29, 1.82) is 0 Å². The summed E-state index contributed by atoms with van der Waals surface area (Å²) in [6, 6.07) is 30.6. The average Bonchev–Trinajstić information content (AvgIpc) is 1.72. The number of rotatable bonds is 36. The molecule has 0 bridgehead atoms. The first-order chi connectivity index (χ1) is 43.1. The molecule has 1 aromatic heterocycles. The van der Waals surface area contributed by atoms with E-state index in [1.807, 2.05) is 99.6 Å². The van der Waals surface area contributed by atoms with Gasteiger partial charge in [-0.15, -0.1) is 11.6 Å². The summed E-state index contributed by atoms with van der Waals surface area (Å²) in [6.07, 6.45) is 1.19. The van der Waals surface area contributed by atoms with Gasteiger partial charge in [-0.3, -0.25) is 33.7 Å². The van der Waals surface area contributed by atoms with E-state index in [9.17, 15) is 33.6 Å². The van der Waals surface area contributed by atoms with Gasteiger partial charge >= 0.3 is 6.09 Å². The molecule has 22 nitrogen and oxygen atoms in total. The van der Waals surface area contributed by atoms with Crippen LogP contribution in [0.25, 0.3) is 21.7 Å². The summed E-state index contributed by atoms with van der Waals surface area (Å²) in [6.45, 7) is 7.61. The average molecular weight is 1240 g/mol. The maximum absolute atomic E-state index is 14.8. The van der Waals surface area contributed by atoms with Crippen molar-refractivity contribution in [3.05, 3.63) is 138 Å². The number of aromatic nitrogens is 1. The van der Waals surface area contributed by atoms with Gasteiger partial charge in [-0.25, -0.2) is 4.79 Å². The molecule has 5 N–H and O–H groups in total. The van der Waals surface area contributed by atoms with Crippen molar-refractivity contribution in [3.63, 3.8) is 0 Å². The summed E-state index contributed by atoms with van der Waals surface area (Å²) >= 11 is 6.72. The lowest BCUT2D eigenvalue weighted by atomic mass is 9.95. The van der Waals surface area contributed by atoms with Crippen LogP contribution < -0.4 is 40.4 Å². The summed E-state index contributed by atoms with van der Waals surface area (Å²) in [5.74, 6) is -0.608. The van der Waals surface area contributed by atoms with E-state index in [-0.39, 0.29) is 126 Å². The molecular formula is C66H79ClN8O14. The van der Waals surface area contributed by atoms with Gasteiger partial charge in [0.1, 0.15) is 24.7 Å². The standard InChI is InChI=1S/C66H79ClN8O14/c1-43(2)62(72-66(82)88-42-44-12-7-6-8-13-44)54(76)23-24-68-48-19-17-45(18-20-48)63(64(80)70-26-30-85-33-35-86-34-32-84-29-25-69-58(77)16-11-27-74-59(78)21-22-60(74)79)89-55-39-53-61(50-15-10-9-14-49(50)55)47(40-67)41-75(53)65(81)52-36-46-37-57(87-31-28-73(3)4)56(83-5)38-51(46)71-52/h6-10,12-15,17-22,36-39,43,47,62-63,68,71H,11,16,23-35,40-42H2,1-5H3,(H,69,77)(H,70,80)(H,72,82)/t47-,62+,63?/m1/s1. The van der Waals surface area contributed by atoms with E-state index in [4.69, 9.17) is 44.8 Å². The van der Waals surface area contributed by atoms with E-state index >= 15 is 0 Å².